The van der Waals surface area contributed by atoms with Crippen LogP contribution in [-0.2, 0) is 4.79 Å². The van der Waals surface area contributed by atoms with Crippen LogP contribution in [0.4, 0.5) is 0 Å². The molecule has 4 heteroatoms. The number of benzene rings is 2. The molecule has 0 spiro atoms. The first-order chi connectivity index (χ1) is 12.2. The third kappa shape index (κ3) is 4.92. The first kappa shape index (κ1) is 17.2. The molecular weight excluding hydrogens is 312 g/mol. The average molecular weight is 336 g/mol. The van der Waals surface area contributed by atoms with Gasteiger partial charge in [-0.15, -0.1) is 0 Å². The molecule has 130 valence electrons. The minimum atomic E-state index is -0.338. The molecule has 0 aromatic heterocycles. The highest BCUT2D eigenvalue weighted by Crippen LogP contribution is 2.20. The van der Waals surface area contributed by atoms with Crippen molar-refractivity contribution >= 4 is 11.8 Å². The topological polar surface area (TPSA) is 58.2 Å². The maximum absolute atomic E-state index is 12.5. The van der Waals surface area contributed by atoms with E-state index in [4.69, 9.17) is 0 Å². The molecule has 0 bridgehead atoms. The molecule has 0 radical (unpaired) electrons. The van der Waals surface area contributed by atoms with Crippen molar-refractivity contribution < 1.29 is 9.59 Å². The smallest absolute Gasteiger partial charge is 0.251 e. The largest absolute Gasteiger partial charge is 0.353 e. The van der Waals surface area contributed by atoms with Crippen LogP contribution in [-0.4, -0.2) is 17.9 Å². The van der Waals surface area contributed by atoms with Crippen molar-refractivity contribution in [3.63, 3.8) is 0 Å². The summed E-state index contributed by atoms with van der Waals surface area (Å²) in [6.45, 7) is 0. The van der Waals surface area contributed by atoms with Gasteiger partial charge in [0, 0.05) is 11.6 Å². The molecule has 2 amide bonds. The number of hydrogen-bond donors (Lipinski definition) is 2. The highest BCUT2D eigenvalue weighted by molar-refractivity contribution is 5.94. The molecule has 0 saturated heterocycles. The highest BCUT2D eigenvalue weighted by Gasteiger charge is 2.22. The fraction of sp³-hybridized carbons (Fsp3) is 0.333. The van der Waals surface area contributed by atoms with Gasteiger partial charge in [-0.25, -0.2) is 0 Å². The minimum absolute atomic E-state index is 0.00545. The number of hydrogen-bond acceptors (Lipinski definition) is 2. The Balaban J connectivity index is 1.69. The lowest BCUT2D eigenvalue weighted by Crippen LogP contribution is -2.37. The fourth-order valence-corrected chi connectivity index (χ4v) is 3.31. The van der Waals surface area contributed by atoms with E-state index >= 15 is 0 Å². The predicted octanol–water partition coefficient (Wildman–Crippen LogP) is 3.61. The van der Waals surface area contributed by atoms with Crippen molar-refractivity contribution in [2.75, 3.05) is 0 Å². The summed E-state index contributed by atoms with van der Waals surface area (Å²) in [5.41, 5.74) is 1.54. The normalized spacial score (nSPS) is 15.5. The van der Waals surface area contributed by atoms with Crippen LogP contribution in [0.15, 0.2) is 60.7 Å². The Morgan fingerprint density at radius 2 is 1.52 bits per heavy atom. The second-order valence-corrected chi connectivity index (χ2v) is 6.56. The van der Waals surface area contributed by atoms with Crippen molar-refractivity contribution in [3.8, 4) is 0 Å². The van der Waals surface area contributed by atoms with Gasteiger partial charge in [0.1, 0.15) is 0 Å². The van der Waals surface area contributed by atoms with E-state index in [1.54, 1.807) is 12.1 Å². The summed E-state index contributed by atoms with van der Waals surface area (Å²) in [5, 5.41) is 6.11. The Bertz CT molecular complexity index is 694. The van der Waals surface area contributed by atoms with Gasteiger partial charge in [0.2, 0.25) is 5.91 Å². The van der Waals surface area contributed by atoms with Crippen molar-refractivity contribution in [1.29, 1.82) is 0 Å². The third-order valence-corrected chi connectivity index (χ3v) is 4.65. The van der Waals surface area contributed by atoms with Crippen LogP contribution < -0.4 is 10.6 Å². The molecule has 2 N–H and O–H groups in total. The van der Waals surface area contributed by atoms with E-state index < -0.39 is 0 Å². The van der Waals surface area contributed by atoms with Crippen LogP contribution in [0, 0.1) is 0 Å². The van der Waals surface area contributed by atoms with Crippen LogP contribution in [0.5, 0.6) is 0 Å². The Labute approximate surface area is 148 Å². The number of carbonyl (C=O) groups excluding carboxylic acids is 2. The average Bonchev–Trinajstić information content (AvgIpc) is 3.15. The Hall–Kier alpha value is -2.62. The first-order valence-electron chi connectivity index (χ1n) is 8.92. The summed E-state index contributed by atoms with van der Waals surface area (Å²) in [7, 11) is 0. The summed E-state index contributed by atoms with van der Waals surface area (Å²) >= 11 is 0. The van der Waals surface area contributed by atoms with Gasteiger partial charge in [0.15, 0.2) is 0 Å². The molecule has 0 aliphatic heterocycles. The standard InChI is InChI=1S/C21H24N2O2/c24-20(22-18-13-7-8-14-18)15-19(16-9-3-1-4-10-16)23-21(25)17-11-5-2-6-12-17/h1-6,9-12,18-19H,7-8,13-15H2,(H,22,24)(H,23,25)/t19-/m0/s1. The van der Waals surface area contributed by atoms with Crippen LogP contribution in [0.3, 0.4) is 0 Å². The molecule has 1 aliphatic carbocycles. The molecule has 3 rings (SSSR count). The lowest BCUT2D eigenvalue weighted by atomic mass is 10.0. The number of nitrogens with one attached hydrogen (secondary N) is 2. The van der Waals surface area contributed by atoms with E-state index in [1.807, 2.05) is 48.5 Å². The second-order valence-electron chi connectivity index (χ2n) is 6.56. The summed E-state index contributed by atoms with van der Waals surface area (Å²) in [6, 6.07) is 18.7. The summed E-state index contributed by atoms with van der Waals surface area (Å²) in [5.74, 6) is -0.169. The molecule has 2 aromatic rings. The van der Waals surface area contributed by atoms with Gasteiger partial charge >= 0.3 is 0 Å². The Morgan fingerprint density at radius 3 is 2.16 bits per heavy atom. The molecule has 2 aromatic carbocycles. The monoisotopic (exact) mass is 336 g/mol. The second kappa shape index (κ2) is 8.47. The molecule has 1 fully saturated rings. The van der Waals surface area contributed by atoms with E-state index in [0.717, 1.165) is 18.4 Å². The highest BCUT2D eigenvalue weighted by atomic mass is 16.2. The molecule has 1 atom stereocenters. The zero-order chi connectivity index (χ0) is 17.5. The molecule has 25 heavy (non-hydrogen) atoms. The Kier molecular flexibility index (Phi) is 5.83. The maximum atomic E-state index is 12.5. The van der Waals surface area contributed by atoms with E-state index in [9.17, 15) is 9.59 Å². The predicted molar refractivity (Wildman–Crippen MR) is 98.1 cm³/mol. The number of carbonyl (C=O) groups is 2. The lowest BCUT2D eigenvalue weighted by Gasteiger charge is -2.20. The van der Waals surface area contributed by atoms with Crippen LogP contribution in [0.1, 0.15) is 54.1 Å². The number of amides is 2. The number of rotatable bonds is 6. The SMILES string of the molecule is O=C(C[C@H](NC(=O)c1ccccc1)c1ccccc1)NC1CCCC1. The molecule has 0 heterocycles. The maximum Gasteiger partial charge on any atom is 0.251 e. The fourth-order valence-electron chi connectivity index (χ4n) is 3.31. The minimum Gasteiger partial charge on any atom is -0.353 e. The van der Waals surface area contributed by atoms with Crippen LogP contribution in [0.2, 0.25) is 0 Å². The van der Waals surface area contributed by atoms with Crippen molar-refractivity contribution in [2.45, 2.75) is 44.2 Å². The van der Waals surface area contributed by atoms with Crippen LogP contribution in [0.25, 0.3) is 0 Å². The van der Waals surface area contributed by atoms with E-state index in [0.29, 0.717) is 5.56 Å². The van der Waals surface area contributed by atoms with Crippen molar-refractivity contribution in [2.24, 2.45) is 0 Å². The van der Waals surface area contributed by atoms with Gasteiger partial charge in [0.25, 0.3) is 5.91 Å². The van der Waals surface area contributed by atoms with Crippen molar-refractivity contribution in [1.82, 2.24) is 10.6 Å². The van der Waals surface area contributed by atoms with Gasteiger partial charge in [-0.3, -0.25) is 9.59 Å². The summed E-state index contributed by atoms with van der Waals surface area (Å²) in [4.78, 5) is 24.9. The first-order valence-corrected chi connectivity index (χ1v) is 8.92. The molecule has 1 aliphatic rings. The zero-order valence-electron chi connectivity index (χ0n) is 14.3. The molecular formula is C21H24N2O2. The van der Waals surface area contributed by atoms with E-state index in [-0.39, 0.29) is 30.3 Å². The molecule has 0 unspecified atom stereocenters. The van der Waals surface area contributed by atoms with Gasteiger partial charge in [0.05, 0.1) is 12.5 Å². The van der Waals surface area contributed by atoms with E-state index in [1.165, 1.54) is 12.8 Å². The molecule has 1 saturated carbocycles. The Morgan fingerprint density at radius 1 is 0.920 bits per heavy atom. The zero-order valence-corrected chi connectivity index (χ0v) is 14.3. The van der Waals surface area contributed by atoms with Crippen molar-refractivity contribution in [3.05, 3.63) is 71.8 Å². The quantitative estimate of drug-likeness (QED) is 0.847. The van der Waals surface area contributed by atoms with Gasteiger partial charge in [-0.1, -0.05) is 61.4 Å². The van der Waals surface area contributed by atoms with Gasteiger partial charge in [-0.05, 0) is 30.5 Å². The third-order valence-electron chi connectivity index (χ3n) is 4.65. The summed E-state index contributed by atoms with van der Waals surface area (Å²) in [6.07, 6.45) is 4.71. The summed E-state index contributed by atoms with van der Waals surface area (Å²) < 4.78 is 0. The van der Waals surface area contributed by atoms with Gasteiger partial charge < -0.3 is 10.6 Å². The lowest BCUT2D eigenvalue weighted by molar-refractivity contribution is -0.122. The van der Waals surface area contributed by atoms with Crippen LogP contribution >= 0.6 is 0 Å². The van der Waals surface area contributed by atoms with Gasteiger partial charge in [-0.2, -0.15) is 0 Å². The van der Waals surface area contributed by atoms with E-state index in [2.05, 4.69) is 10.6 Å². The molecule has 4 nitrogen and oxygen atoms in total.